The maximum atomic E-state index is 5.56. The molecule has 0 spiro atoms. The smallest absolute Gasteiger partial charge is 0.130 e. The van der Waals surface area contributed by atoms with E-state index in [0.717, 1.165) is 54.4 Å². The summed E-state index contributed by atoms with van der Waals surface area (Å²) < 4.78 is 16.4. The first-order valence-electron chi connectivity index (χ1n) is 7.99. The van der Waals surface area contributed by atoms with Gasteiger partial charge in [0.25, 0.3) is 0 Å². The van der Waals surface area contributed by atoms with Crippen molar-refractivity contribution in [3.63, 3.8) is 0 Å². The molecule has 2 fully saturated rings. The Morgan fingerprint density at radius 2 is 1.78 bits per heavy atom. The van der Waals surface area contributed by atoms with E-state index in [-0.39, 0.29) is 12.4 Å². The summed E-state index contributed by atoms with van der Waals surface area (Å²) in [6, 6.07) is 4.58. The van der Waals surface area contributed by atoms with Crippen LogP contribution in [0.25, 0.3) is 0 Å². The highest BCUT2D eigenvalue weighted by molar-refractivity contribution is 5.85. The van der Waals surface area contributed by atoms with Crippen molar-refractivity contribution in [2.45, 2.75) is 25.4 Å². The van der Waals surface area contributed by atoms with E-state index in [2.05, 4.69) is 10.2 Å². The van der Waals surface area contributed by atoms with E-state index in [0.29, 0.717) is 0 Å². The Morgan fingerprint density at radius 1 is 1.09 bits per heavy atom. The number of fused-ring (bicyclic) bond motifs is 1. The van der Waals surface area contributed by atoms with Gasteiger partial charge in [-0.25, -0.2) is 0 Å². The highest BCUT2D eigenvalue weighted by atomic mass is 35.5. The SMILES string of the molecule is COc1cc(OC)c(CN2CCC3NCCC3C2)c(OC)c1.Cl. The van der Waals surface area contributed by atoms with Gasteiger partial charge >= 0.3 is 0 Å². The number of rotatable bonds is 5. The molecule has 0 amide bonds. The molecular weight excluding hydrogens is 316 g/mol. The average Bonchev–Trinajstić information content (AvgIpc) is 3.02. The summed E-state index contributed by atoms with van der Waals surface area (Å²) in [6.07, 6.45) is 2.52. The summed E-state index contributed by atoms with van der Waals surface area (Å²) >= 11 is 0. The largest absolute Gasteiger partial charge is 0.496 e. The number of halogens is 1. The predicted molar refractivity (Wildman–Crippen MR) is 93.1 cm³/mol. The van der Waals surface area contributed by atoms with Crippen LogP contribution in [0.2, 0.25) is 0 Å². The molecule has 2 saturated heterocycles. The molecule has 1 aromatic rings. The number of methoxy groups -OCH3 is 3. The van der Waals surface area contributed by atoms with Crippen LogP contribution < -0.4 is 19.5 Å². The second-order valence-corrected chi connectivity index (χ2v) is 6.14. The summed E-state index contributed by atoms with van der Waals surface area (Å²) in [7, 11) is 5.06. The molecule has 1 N–H and O–H groups in total. The molecule has 0 aliphatic carbocycles. The van der Waals surface area contributed by atoms with Gasteiger partial charge in [-0.3, -0.25) is 4.90 Å². The molecule has 2 aliphatic rings. The van der Waals surface area contributed by atoms with Gasteiger partial charge in [0.2, 0.25) is 0 Å². The third-order valence-corrected chi connectivity index (χ3v) is 4.94. The molecule has 6 heteroatoms. The quantitative estimate of drug-likeness (QED) is 0.889. The lowest BCUT2D eigenvalue weighted by Crippen LogP contribution is -2.44. The fourth-order valence-electron chi connectivity index (χ4n) is 3.72. The lowest BCUT2D eigenvalue weighted by atomic mass is 9.93. The highest BCUT2D eigenvalue weighted by Gasteiger charge is 2.33. The van der Waals surface area contributed by atoms with Crippen LogP contribution in [0, 0.1) is 5.92 Å². The molecule has 2 atom stereocenters. The van der Waals surface area contributed by atoms with Gasteiger partial charge in [0.15, 0.2) is 0 Å². The molecule has 3 rings (SSSR count). The van der Waals surface area contributed by atoms with Gasteiger partial charge in [0.1, 0.15) is 17.2 Å². The molecule has 0 radical (unpaired) electrons. The zero-order valence-electron chi connectivity index (χ0n) is 14.1. The van der Waals surface area contributed by atoms with Crippen molar-refractivity contribution < 1.29 is 14.2 Å². The maximum absolute atomic E-state index is 5.56. The Kier molecular flexibility index (Phi) is 6.39. The summed E-state index contributed by atoms with van der Waals surface area (Å²) in [6.45, 7) is 4.29. The molecule has 23 heavy (non-hydrogen) atoms. The van der Waals surface area contributed by atoms with E-state index >= 15 is 0 Å². The monoisotopic (exact) mass is 342 g/mol. The first-order valence-corrected chi connectivity index (χ1v) is 7.99. The first-order chi connectivity index (χ1) is 10.7. The minimum absolute atomic E-state index is 0. The maximum Gasteiger partial charge on any atom is 0.130 e. The lowest BCUT2D eigenvalue weighted by molar-refractivity contribution is 0.153. The molecular formula is C17H27ClN2O3. The van der Waals surface area contributed by atoms with Crippen molar-refractivity contribution >= 4 is 12.4 Å². The summed E-state index contributed by atoms with van der Waals surface area (Å²) in [5, 5.41) is 3.61. The van der Waals surface area contributed by atoms with Crippen LogP contribution in [0.4, 0.5) is 0 Å². The highest BCUT2D eigenvalue weighted by Crippen LogP contribution is 2.36. The van der Waals surface area contributed by atoms with Crippen molar-refractivity contribution in [3.05, 3.63) is 17.7 Å². The Labute approximate surface area is 144 Å². The normalized spacial score (nSPS) is 23.8. The van der Waals surface area contributed by atoms with E-state index in [4.69, 9.17) is 14.2 Å². The summed E-state index contributed by atoms with van der Waals surface area (Å²) in [4.78, 5) is 2.51. The van der Waals surface area contributed by atoms with Crippen LogP contribution in [-0.4, -0.2) is 51.9 Å². The molecule has 0 bridgehead atoms. The molecule has 2 heterocycles. The van der Waals surface area contributed by atoms with Crippen LogP contribution in [0.5, 0.6) is 17.2 Å². The minimum Gasteiger partial charge on any atom is -0.496 e. The van der Waals surface area contributed by atoms with Gasteiger partial charge in [-0.05, 0) is 31.8 Å². The third-order valence-electron chi connectivity index (χ3n) is 4.94. The third kappa shape index (κ3) is 3.84. The molecule has 130 valence electrons. The van der Waals surface area contributed by atoms with E-state index < -0.39 is 0 Å². The average molecular weight is 343 g/mol. The van der Waals surface area contributed by atoms with Crippen LogP contribution in [0.15, 0.2) is 12.1 Å². The van der Waals surface area contributed by atoms with E-state index in [1.807, 2.05) is 12.1 Å². The van der Waals surface area contributed by atoms with Gasteiger partial charge in [-0.2, -0.15) is 0 Å². The summed E-state index contributed by atoms with van der Waals surface area (Å²) in [5.74, 6) is 3.21. The number of nitrogens with zero attached hydrogens (tertiary/aromatic N) is 1. The van der Waals surface area contributed by atoms with Crippen molar-refractivity contribution in [2.24, 2.45) is 5.92 Å². The summed E-state index contributed by atoms with van der Waals surface area (Å²) in [5.41, 5.74) is 1.11. The van der Waals surface area contributed by atoms with Gasteiger partial charge in [-0.1, -0.05) is 0 Å². The van der Waals surface area contributed by atoms with Crippen molar-refractivity contribution in [3.8, 4) is 17.2 Å². The van der Waals surface area contributed by atoms with Gasteiger partial charge in [-0.15, -0.1) is 12.4 Å². The lowest BCUT2D eigenvalue weighted by Gasteiger charge is -2.35. The fraction of sp³-hybridized carbons (Fsp3) is 0.647. The molecule has 2 unspecified atom stereocenters. The predicted octanol–water partition coefficient (Wildman–Crippen LogP) is 2.32. The fourth-order valence-corrected chi connectivity index (χ4v) is 3.72. The van der Waals surface area contributed by atoms with Crippen LogP contribution in [-0.2, 0) is 6.54 Å². The Bertz CT molecular complexity index is 502. The standard InChI is InChI=1S/C17H26N2O3.ClH/c1-20-13-8-16(21-2)14(17(9-13)22-3)11-19-7-5-15-12(10-19)4-6-18-15;/h8-9,12,15,18H,4-7,10-11H2,1-3H3;1H. The second-order valence-electron chi connectivity index (χ2n) is 6.14. The minimum atomic E-state index is 0. The molecule has 0 saturated carbocycles. The second kappa shape index (κ2) is 8.08. The Hall–Kier alpha value is -1.17. The molecule has 0 aromatic heterocycles. The van der Waals surface area contributed by atoms with E-state index in [9.17, 15) is 0 Å². The number of piperidine rings is 1. The van der Waals surface area contributed by atoms with Crippen molar-refractivity contribution in [1.29, 1.82) is 0 Å². The molecule has 2 aliphatic heterocycles. The zero-order chi connectivity index (χ0) is 15.5. The first kappa shape index (κ1) is 18.2. The van der Waals surface area contributed by atoms with E-state index in [1.165, 1.54) is 19.4 Å². The Morgan fingerprint density at radius 3 is 2.39 bits per heavy atom. The van der Waals surface area contributed by atoms with Crippen LogP contribution in [0.1, 0.15) is 18.4 Å². The van der Waals surface area contributed by atoms with E-state index in [1.54, 1.807) is 21.3 Å². The topological polar surface area (TPSA) is 43.0 Å². The number of hydrogen-bond donors (Lipinski definition) is 1. The number of likely N-dealkylation sites (tertiary alicyclic amines) is 1. The number of nitrogens with one attached hydrogen (secondary N) is 1. The molecule has 5 nitrogen and oxygen atoms in total. The number of hydrogen-bond acceptors (Lipinski definition) is 5. The zero-order valence-corrected chi connectivity index (χ0v) is 14.9. The van der Waals surface area contributed by atoms with Crippen LogP contribution >= 0.6 is 12.4 Å². The van der Waals surface area contributed by atoms with Gasteiger partial charge < -0.3 is 19.5 Å². The number of ether oxygens (including phenoxy) is 3. The Balaban J connectivity index is 0.00000192. The molecule has 1 aromatic carbocycles. The van der Waals surface area contributed by atoms with Gasteiger partial charge in [0, 0.05) is 31.3 Å². The van der Waals surface area contributed by atoms with Gasteiger partial charge in [0.05, 0.1) is 26.9 Å². The van der Waals surface area contributed by atoms with Crippen molar-refractivity contribution in [2.75, 3.05) is 41.0 Å². The number of benzene rings is 1. The van der Waals surface area contributed by atoms with Crippen LogP contribution in [0.3, 0.4) is 0 Å². The van der Waals surface area contributed by atoms with Crippen molar-refractivity contribution in [1.82, 2.24) is 10.2 Å².